The van der Waals surface area contributed by atoms with E-state index in [1.54, 1.807) is 11.3 Å². The Morgan fingerprint density at radius 2 is 2.29 bits per heavy atom. The average Bonchev–Trinajstić information content (AvgIpc) is 2.83. The zero-order chi connectivity index (χ0) is 12.1. The molecule has 5 heteroatoms. The van der Waals surface area contributed by atoms with E-state index < -0.39 is 0 Å². The van der Waals surface area contributed by atoms with Crippen LogP contribution in [0.1, 0.15) is 11.3 Å². The van der Waals surface area contributed by atoms with Crippen molar-refractivity contribution >= 4 is 27.3 Å². The summed E-state index contributed by atoms with van der Waals surface area (Å²) in [6.07, 6.45) is 0.915. The molecule has 0 amide bonds. The Balaban J connectivity index is 1.80. The molecule has 0 saturated carbocycles. The van der Waals surface area contributed by atoms with Gasteiger partial charge in [0.2, 0.25) is 0 Å². The van der Waals surface area contributed by atoms with E-state index in [-0.39, 0.29) is 0 Å². The molecule has 17 heavy (non-hydrogen) atoms. The lowest BCUT2D eigenvalue weighted by Crippen LogP contribution is -2.16. The summed E-state index contributed by atoms with van der Waals surface area (Å²) in [5, 5.41) is 15.1. The Labute approximate surface area is 113 Å². The molecule has 0 aliphatic rings. The second kappa shape index (κ2) is 6.14. The fourth-order valence-electron chi connectivity index (χ4n) is 1.50. The fraction of sp³-hybridized carbons (Fsp3) is 0.250. The Bertz CT molecular complexity index is 473. The molecular formula is C12H13BrN2OS. The van der Waals surface area contributed by atoms with E-state index in [1.165, 1.54) is 0 Å². The Hall–Kier alpha value is -0.910. The molecule has 0 fully saturated rings. The zero-order valence-electron chi connectivity index (χ0n) is 9.19. The summed E-state index contributed by atoms with van der Waals surface area (Å²) >= 11 is 4.91. The summed E-state index contributed by atoms with van der Waals surface area (Å²) in [6.45, 7) is 1.52. The maximum atomic E-state index is 9.78. The normalized spacial score (nSPS) is 10.6. The van der Waals surface area contributed by atoms with Gasteiger partial charge >= 0.3 is 0 Å². The van der Waals surface area contributed by atoms with Crippen molar-refractivity contribution in [1.29, 1.82) is 0 Å². The zero-order valence-corrected chi connectivity index (χ0v) is 11.6. The highest BCUT2D eigenvalue weighted by Gasteiger charge is 2.03. The molecule has 2 aromatic rings. The van der Waals surface area contributed by atoms with Crippen LogP contribution in [-0.4, -0.2) is 16.6 Å². The maximum Gasteiger partial charge on any atom is 0.134 e. The van der Waals surface area contributed by atoms with Crippen LogP contribution in [0.25, 0.3) is 0 Å². The third kappa shape index (κ3) is 3.52. The summed E-state index contributed by atoms with van der Waals surface area (Å²) in [5.41, 5.74) is 3.86. The van der Waals surface area contributed by atoms with Crippen LogP contribution >= 0.6 is 27.3 Å². The fourth-order valence-corrected chi connectivity index (χ4v) is 2.50. The summed E-state index contributed by atoms with van der Waals surface area (Å²) < 4.78 is 0.733. The SMILES string of the molecule is Oc1c(Br)cccc1CNCCc1cscn1. The molecule has 1 aromatic heterocycles. The van der Waals surface area contributed by atoms with Crippen molar-refractivity contribution in [2.75, 3.05) is 6.54 Å². The number of nitrogens with one attached hydrogen (secondary N) is 1. The van der Waals surface area contributed by atoms with Gasteiger partial charge in [-0.05, 0) is 22.0 Å². The Morgan fingerprint density at radius 1 is 1.41 bits per heavy atom. The van der Waals surface area contributed by atoms with Gasteiger partial charge in [-0.1, -0.05) is 12.1 Å². The lowest BCUT2D eigenvalue weighted by Gasteiger charge is -2.07. The molecule has 1 heterocycles. The lowest BCUT2D eigenvalue weighted by molar-refractivity contribution is 0.461. The van der Waals surface area contributed by atoms with Crippen molar-refractivity contribution in [3.63, 3.8) is 0 Å². The highest BCUT2D eigenvalue weighted by atomic mass is 79.9. The highest BCUT2D eigenvalue weighted by Crippen LogP contribution is 2.27. The topological polar surface area (TPSA) is 45.1 Å². The summed E-state index contributed by atoms with van der Waals surface area (Å²) in [7, 11) is 0. The van der Waals surface area contributed by atoms with Gasteiger partial charge in [0.1, 0.15) is 5.75 Å². The third-order valence-electron chi connectivity index (χ3n) is 2.43. The molecule has 1 aromatic carbocycles. The number of halogens is 1. The number of aromatic hydroxyl groups is 1. The van der Waals surface area contributed by atoms with Gasteiger partial charge in [0, 0.05) is 30.5 Å². The van der Waals surface area contributed by atoms with Crippen LogP contribution in [0.4, 0.5) is 0 Å². The molecule has 0 radical (unpaired) electrons. The first-order valence-corrected chi connectivity index (χ1v) is 7.05. The smallest absolute Gasteiger partial charge is 0.134 e. The summed E-state index contributed by atoms with van der Waals surface area (Å²) in [4.78, 5) is 4.21. The molecule has 0 saturated heterocycles. The van der Waals surface area contributed by atoms with E-state index in [4.69, 9.17) is 0 Å². The molecule has 0 unspecified atom stereocenters. The third-order valence-corrected chi connectivity index (χ3v) is 3.70. The van der Waals surface area contributed by atoms with E-state index in [0.717, 1.165) is 28.7 Å². The number of phenolic OH excluding ortho intramolecular Hbond substituents is 1. The average molecular weight is 313 g/mol. The van der Waals surface area contributed by atoms with Gasteiger partial charge in [-0.25, -0.2) is 4.98 Å². The molecule has 0 aliphatic heterocycles. The van der Waals surface area contributed by atoms with E-state index in [2.05, 4.69) is 31.6 Å². The van der Waals surface area contributed by atoms with Gasteiger partial charge in [-0.15, -0.1) is 11.3 Å². The lowest BCUT2D eigenvalue weighted by atomic mass is 10.2. The first-order chi connectivity index (χ1) is 8.27. The molecule has 0 aliphatic carbocycles. The van der Waals surface area contributed by atoms with E-state index in [0.29, 0.717) is 12.3 Å². The minimum atomic E-state index is 0.314. The number of nitrogens with zero attached hydrogens (tertiary/aromatic N) is 1. The minimum absolute atomic E-state index is 0.314. The minimum Gasteiger partial charge on any atom is -0.506 e. The number of thiazole rings is 1. The van der Waals surface area contributed by atoms with Gasteiger partial charge in [0.05, 0.1) is 15.7 Å². The second-order valence-corrected chi connectivity index (χ2v) is 5.23. The standard InChI is InChI=1S/C12H13BrN2OS/c13-11-3-1-2-9(12(11)16)6-14-5-4-10-7-17-8-15-10/h1-3,7-8,14,16H,4-6H2. The van der Waals surface area contributed by atoms with Gasteiger partial charge in [-0.3, -0.25) is 0 Å². The molecular weight excluding hydrogens is 300 g/mol. The van der Waals surface area contributed by atoms with Crippen molar-refractivity contribution < 1.29 is 5.11 Å². The van der Waals surface area contributed by atoms with Crippen molar-refractivity contribution in [2.45, 2.75) is 13.0 Å². The van der Waals surface area contributed by atoms with E-state index in [1.807, 2.05) is 23.7 Å². The molecule has 0 atom stereocenters. The number of rotatable bonds is 5. The molecule has 2 rings (SSSR count). The van der Waals surface area contributed by atoms with Crippen LogP contribution in [0.15, 0.2) is 33.6 Å². The molecule has 0 bridgehead atoms. The van der Waals surface area contributed by atoms with Crippen LogP contribution < -0.4 is 5.32 Å². The molecule has 90 valence electrons. The molecule has 3 nitrogen and oxygen atoms in total. The van der Waals surface area contributed by atoms with Crippen LogP contribution in [0.2, 0.25) is 0 Å². The number of aromatic nitrogens is 1. The maximum absolute atomic E-state index is 9.78. The number of benzene rings is 1. The summed E-state index contributed by atoms with van der Waals surface area (Å²) in [6, 6.07) is 5.66. The number of hydrogen-bond donors (Lipinski definition) is 2. The predicted octanol–water partition coefficient (Wildman–Crippen LogP) is 2.94. The first-order valence-electron chi connectivity index (χ1n) is 5.31. The monoisotopic (exact) mass is 312 g/mol. The van der Waals surface area contributed by atoms with E-state index in [9.17, 15) is 5.11 Å². The van der Waals surface area contributed by atoms with Crippen molar-refractivity contribution in [2.24, 2.45) is 0 Å². The number of para-hydroxylation sites is 1. The second-order valence-electron chi connectivity index (χ2n) is 3.65. The summed E-state index contributed by atoms with van der Waals surface area (Å²) in [5.74, 6) is 0.314. The van der Waals surface area contributed by atoms with Crippen LogP contribution in [0.3, 0.4) is 0 Å². The van der Waals surface area contributed by atoms with Gasteiger partial charge in [-0.2, -0.15) is 0 Å². The van der Waals surface area contributed by atoms with Crippen LogP contribution in [-0.2, 0) is 13.0 Å². The van der Waals surface area contributed by atoms with Crippen LogP contribution in [0, 0.1) is 0 Å². The molecule has 0 spiro atoms. The van der Waals surface area contributed by atoms with Crippen molar-refractivity contribution in [3.05, 3.63) is 44.8 Å². The van der Waals surface area contributed by atoms with Gasteiger partial charge < -0.3 is 10.4 Å². The molecule has 2 N–H and O–H groups in total. The highest BCUT2D eigenvalue weighted by molar-refractivity contribution is 9.10. The van der Waals surface area contributed by atoms with E-state index >= 15 is 0 Å². The quantitative estimate of drug-likeness (QED) is 0.834. The Morgan fingerprint density at radius 3 is 3.06 bits per heavy atom. The van der Waals surface area contributed by atoms with Crippen LogP contribution in [0.5, 0.6) is 5.75 Å². The van der Waals surface area contributed by atoms with Gasteiger partial charge in [0.25, 0.3) is 0 Å². The van der Waals surface area contributed by atoms with Gasteiger partial charge in [0.15, 0.2) is 0 Å². The Kier molecular flexibility index (Phi) is 4.53. The van der Waals surface area contributed by atoms with Crippen molar-refractivity contribution in [1.82, 2.24) is 10.3 Å². The first kappa shape index (κ1) is 12.5. The number of phenols is 1. The number of hydrogen-bond acceptors (Lipinski definition) is 4. The largest absolute Gasteiger partial charge is 0.506 e. The predicted molar refractivity (Wildman–Crippen MR) is 73.3 cm³/mol. The van der Waals surface area contributed by atoms with Crippen molar-refractivity contribution in [3.8, 4) is 5.75 Å².